The largest absolute Gasteiger partial charge is 0.309 e. The van der Waals surface area contributed by atoms with Gasteiger partial charge in [-0.15, -0.1) is 0 Å². The second-order valence-corrected chi connectivity index (χ2v) is 5.79. The average Bonchev–Trinajstić information content (AvgIpc) is 2.86. The summed E-state index contributed by atoms with van der Waals surface area (Å²) >= 11 is 0. The minimum Gasteiger partial charge on any atom is -0.309 e. The van der Waals surface area contributed by atoms with Crippen LogP contribution in [-0.2, 0) is 6.54 Å². The summed E-state index contributed by atoms with van der Waals surface area (Å²) in [5.74, 6) is 0.796. The molecule has 1 heterocycles. The predicted octanol–water partition coefficient (Wildman–Crippen LogP) is 4.16. The molecule has 0 aliphatic rings. The summed E-state index contributed by atoms with van der Waals surface area (Å²) in [6.45, 7) is 12.2. The van der Waals surface area contributed by atoms with E-state index < -0.39 is 0 Å². The van der Waals surface area contributed by atoms with E-state index in [1.165, 1.54) is 12.8 Å². The molecule has 0 saturated heterocycles. The molecule has 0 bridgehead atoms. The van der Waals surface area contributed by atoms with Crippen molar-refractivity contribution in [2.45, 2.75) is 78.9 Å². The molecule has 1 rings (SSSR count). The highest BCUT2D eigenvalue weighted by Crippen LogP contribution is 2.15. The topological polar surface area (TPSA) is 29.9 Å². The fourth-order valence-electron chi connectivity index (χ4n) is 2.47. The molecule has 2 atom stereocenters. The summed E-state index contributed by atoms with van der Waals surface area (Å²) < 4.78 is 2.12. The van der Waals surface area contributed by atoms with Gasteiger partial charge in [0.15, 0.2) is 0 Å². The standard InChI is InChI=1S/C16H31N3/c1-6-13(4)11-14(5)17-12-15-9-10-19(18-15)16(7-2)8-3/h9-10,13-14,16-17H,6-8,11-12H2,1-5H3. The molecule has 110 valence electrons. The zero-order valence-electron chi connectivity index (χ0n) is 13.3. The lowest BCUT2D eigenvalue weighted by Gasteiger charge is -2.17. The van der Waals surface area contributed by atoms with Crippen molar-refractivity contribution < 1.29 is 0 Å². The molecular formula is C16H31N3. The predicted molar refractivity (Wildman–Crippen MR) is 82.2 cm³/mol. The molecule has 3 heteroatoms. The van der Waals surface area contributed by atoms with Crippen LogP contribution in [0.25, 0.3) is 0 Å². The van der Waals surface area contributed by atoms with Gasteiger partial charge in [-0.25, -0.2) is 0 Å². The number of nitrogens with zero attached hydrogens (tertiary/aromatic N) is 2. The van der Waals surface area contributed by atoms with E-state index in [4.69, 9.17) is 0 Å². The van der Waals surface area contributed by atoms with E-state index >= 15 is 0 Å². The molecule has 0 aliphatic heterocycles. The number of hydrogen-bond acceptors (Lipinski definition) is 2. The van der Waals surface area contributed by atoms with Crippen molar-refractivity contribution in [2.24, 2.45) is 5.92 Å². The summed E-state index contributed by atoms with van der Waals surface area (Å²) in [5, 5.41) is 8.25. The molecular weight excluding hydrogens is 234 g/mol. The maximum atomic E-state index is 4.68. The van der Waals surface area contributed by atoms with Gasteiger partial charge < -0.3 is 5.32 Å². The molecule has 19 heavy (non-hydrogen) atoms. The molecule has 0 radical (unpaired) electrons. The third-order valence-electron chi connectivity index (χ3n) is 4.06. The summed E-state index contributed by atoms with van der Waals surface area (Å²) in [6, 6.07) is 3.25. The maximum Gasteiger partial charge on any atom is 0.0762 e. The van der Waals surface area contributed by atoms with Crippen LogP contribution >= 0.6 is 0 Å². The van der Waals surface area contributed by atoms with E-state index in [-0.39, 0.29) is 0 Å². The monoisotopic (exact) mass is 265 g/mol. The molecule has 0 amide bonds. The lowest BCUT2D eigenvalue weighted by Crippen LogP contribution is -2.27. The summed E-state index contributed by atoms with van der Waals surface area (Å²) in [6.07, 6.45) is 6.91. The first-order valence-electron chi connectivity index (χ1n) is 7.88. The van der Waals surface area contributed by atoms with Crippen LogP contribution in [0.3, 0.4) is 0 Å². The van der Waals surface area contributed by atoms with Gasteiger partial charge in [0.25, 0.3) is 0 Å². The first-order valence-corrected chi connectivity index (χ1v) is 7.88. The Kier molecular flexibility index (Phi) is 7.14. The molecule has 1 N–H and O–H groups in total. The highest BCUT2D eigenvalue weighted by molar-refractivity contribution is 4.99. The normalized spacial score (nSPS) is 14.8. The quantitative estimate of drug-likeness (QED) is 0.726. The zero-order chi connectivity index (χ0) is 14.3. The minimum absolute atomic E-state index is 0.547. The molecule has 3 nitrogen and oxygen atoms in total. The second-order valence-electron chi connectivity index (χ2n) is 5.79. The third kappa shape index (κ3) is 5.35. The van der Waals surface area contributed by atoms with Gasteiger partial charge >= 0.3 is 0 Å². The first kappa shape index (κ1) is 16.2. The Morgan fingerprint density at radius 2 is 1.84 bits per heavy atom. The molecule has 0 spiro atoms. The van der Waals surface area contributed by atoms with Crippen LogP contribution in [0.4, 0.5) is 0 Å². The zero-order valence-corrected chi connectivity index (χ0v) is 13.3. The van der Waals surface area contributed by atoms with Gasteiger partial charge in [0.2, 0.25) is 0 Å². The Labute approximate surface area is 118 Å². The van der Waals surface area contributed by atoms with Crippen molar-refractivity contribution in [3.8, 4) is 0 Å². The van der Waals surface area contributed by atoms with Crippen LogP contribution in [0.15, 0.2) is 12.3 Å². The van der Waals surface area contributed by atoms with Crippen molar-refractivity contribution in [3.63, 3.8) is 0 Å². The molecule has 1 aromatic rings. The van der Waals surface area contributed by atoms with Crippen molar-refractivity contribution in [1.29, 1.82) is 0 Å². The summed E-state index contributed by atoms with van der Waals surface area (Å²) in [4.78, 5) is 0. The summed E-state index contributed by atoms with van der Waals surface area (Å²) in [5.41, 5.74) is 1.16. The number of rotatable bonds is 9. The number of nitrogens with one attached hydrogen (secondary N) is 1. The Bertz CT molecular complexity index is 342. The van der Waals surface area contributed by atoms with E-state index in [2.05, 4.69) is 62.0 Å². The Hall–Kier alpha value is -0.830. The fourth-order valence-corrected chi connectivity index (χ4v) is 2.47. The average molecular weight is 265 g/mol. The van der Waals surface area contributed by atoms with Crippen molar-refractivity contribution in [1.82, 2.24) is 15.1 Å². The Balaban J connectivity index is 2.41. The van der Waals surface area contributed by atoms with E-state index in [1.54, 1.807) is 0 Å². The van der Waals surface area contributed by atoms with Gasteiger partial charge in [0.05, 0.1) is 11.7 Å². The third-order valence-corrected chi connectivity index (χ3v) is 4.06. The molecule has 0 aromatic carbocycles. The Morgan fingerprint density at radius 1 is 1.16 bits per heavy atom. The van der Waals surface area contributed by atoms with Crippen molar-refractivity contribution in [2.75, 3.05) is 0 Å². The molecule has 0 aliphatic carbocycles. The molecule has 1 aromatic heterocycles. The highest BCUT2D eigenvalue weighted by atomic mass is 15.3. The van der Waals surface area contributed by atoms with Gasteiger partial charge in [-0.3, -0.25) is 4.68 Å². The van der Waals surface area contributed by atoms with Crippen molar-refractivity contribution >= 4 is 0 Å². The summed E-state index contributed by atoms with van der Waals surface area (Å²) in [7, 11) is 0. The van der Waals surface area contributed by atoms with E-state index in [9.17, 15) is 0 Å². The lowest BCUT2D eigenvalue weighted by molar-refractivity contribution is 0.402. The molecule has 0 fully saturated rings. The van der Waals surface area contributed by atoms with Gasteiger partial charge in [0, 0.05) is 18.8 Å². The second kappa shape index (κ2) is 8.36. The van der Waals surface area contributed by atoms with Crippen LogP contribution in [0.2, 0.25) is 0 Å². The highest BCUT2D eigenvalue weighted by Gasteiger charge is 2.10. The van der Waals surface area contributed by atoms with Crippen LogP contribution in [0.5, 0.6) is 0 Å². The van der Waals surface area contributed by atoms with Crippen LogP contribution in [-0.4, -0.2) is 15.8 Å². The maximum absolute atomic E-state index is 4.68. The number of hydrogen-bond donors (Lipinski definition) is 1. The molecule has 0 saturated carbocycles. The van der Waals surface area contributed by atoms with Crippen LogP contribution in [0, 0.1) is 5.92 Å². The van der Waals surface area contributed by atoms with Gasteiger partial charge in [-0.05, 0) is 38.2 Å². The van der Waals surface area contributed by atoms with Crippen molar-refractivity contribution in [3.05, 3.63) is 18.0 Å². The smallest absolute Gasteiger partial charge is 0.0762 e. The van der Waals surface area contributed by atoms with E-state index in [0.717, 1.165) is 31.0 Å². The van der Waals surface area contributed by atoms with Gasteiger partial charge in [-0.2, -0.15) is 5.10 Å². The number of aromatic nitrogens is 2. The SMILES string of the molecule is CCC(C)CC(C)NCc1ccn(C(CC)CC)n1. The van der Waals surface area contributed by atoms with Crippen LogP contribution in [0.1, 0.15) is 72.0 Å². The van der Waals surface area contributed by atoms with Gasteiger partial charge in [0.1, 0.15) is 0 Å². The minimum atomic E-state index is 0.547. The van der Waals surface area contributed by atoms with Gasteiger partial charge in [-0.1, -0.05) is 34.1 Å². The lowest BCUT2D eigenvalue weighted by atomic mass is 10.0. The fraction of sp³-hybridized carbons (Fsp3) is 0.812. The molecule has 2 unspecified atom stereocenters. The van der Waals surface area contributed by atoms with E-state index in [0.29, 0.717) is 12.1 Å². The first-order chi connectivity index (χ1) is 9.10. The van der Waals surface area contributed by atoms with E-state index in [1.807, 2.05) is 0 Å². The van der Waals surface area contributed by atoms with Crippen LogP contribution < -0.4 is 5.32 Å². The Morgan fingerprint density at radius 3 is 2.42 bits per heavy atom.